The van der Waals surface area contributed by atoms with Crippen LogP contribution in [0.15, 0.2) is 59.1 Å². The summed E-state index contributed by atoms with van der Waals surface area (Å²) in [6.45, 7) is 0. The molecule has 28 heavy (non-hydrogen) atoms. The predicted molar refractivity (Wildman–Crippen MR) is 98.0 cm³/mol. The Labute approximate surface area is 159 Å². The average Bonchev–Trinajstić information content (AvgIpc) is 2.73. The number of nitrogens with zero attached hydrogens (tertiary/aromatic N) is 4. The summed E-state index contributed by atoms with van der Waals surface area (Å²) in [6, 6.07) is 10.4. The maximum atomic E-state index is 9.64. The fraction of sp³-hybridized carbons (Fsp3) is 0.125. The lowest BCUT2D eigenvalue weighted by Gasteiger charge is -1.93. The van der Waals surface area contributed by atoms with Crippen molar-refractivity contribution in [1.29, 1.82) is 0 Å². The van der Waals surface area contributed by atoms with Crippen LogP contribution in [0.5, 0.6) is 0 Å². The van der Waals surface area contributed by atoms with Gasteiger partial charge in [-0.1, -0.05) is 22.4 Å². The Kier molecular flexibility index (Phi) is 11.9. The van der Waals surface area contributed by atoms with Gasteiger partial charge in [0, 0.05) is 12.4 Å². The Bertz CT molecular complexity index is 715. The molecular weight excluding hydrogens is 372 g/mol. The first-order valence-electron chi connectivity index (χ1n) is 7.53. The topological polar surface area (TPSA) is 218 Å². The van der Waals surface area contributed by atoms with Gasteiger partial charge in [-0.15, -0.1) is 0 Å². The molecule has 12 nitrogen and oxygen atoms in total. The van der Waals surface area contributed by atoms with Crippen LogP contribution in [0.3, 0.4) is 0 Å². The van der Waals surface area contributed by atoms with E-state index in [1.54, 1.807) is 48.8 Å². The van der Waals surface area contributed by atoms with Gasteiger partial charge in [0.05, 0.1) is 12.8 Å². The van der Waals surface area contributed by atoms with Crippen molar-refractivity contribution in [2.45, 2.75) is 12.8 Å². The van der Waals surface area contributed by atoms with Crippen molar-refractivity contribution in [2.24, 2.45) is 21.8 Å². The van der Waals surface area contributed by atoms with Gasteiger partial charge in [0.1, 0.15) is 11.4 Å². The van der Waals surface area contributed by atoms with Crippen molar-refractivity contribution < 1.29 is 30.2 Å². The fourth-order valence-electron chi connectivity index (χ4n) is 1.34. The van der Waals surface area contributed by atoms with E-state index < -0.39 is 11.9 Å². The van der Waals surface area contributed by atoms with Crippen molar-refractivity contribution in [3.05, 3.63) is 60.2 Å². The highest BCUT2D eigenvalue weighted by Gasteiger charge is 2.00. The van der Waals surface area contributed by atoms with Gasteiger partial charge in [-0.05, 0) is 24.3 Å². The van der Waals surface area contributed by atoms with Crippen LogP contribution in [-0.4, -0.2) is 54.2 Å². The number of oxime groups is 2. The smallest absolute Gasteiger partial charge is 0.303 e. The first kappa shape index (κ1) is 23.8. The maximum Gasteiger partial charge on any atom is 0.303 e. The van der Waals surface area contributed by atoms with Crippen LogP contribution < -0.4 is 11.5 Å². The molecular formula is C16H20N6O6. The normalized spacial score (nSPS) is 10.6. The number of hydrogen-bond acceptors (Lipinski definition) is 8. The van der Waals surface area contributed by atoms with E-state index in [0.717, 1.165) is 0 Å². The minimum atomic E-state index is -1.08. The molecule has 0 aromatic carbocycles. The molecule has 150 valence electrons. The Morgan fingerprint density at radius 1 is 0.786 bits per heavy atom. The van der Waals surface area contributed by atoms with E-state index in [4.69, 9.17) is 32.1 Å². The summed E-state index contributed by atoms with van der Waals surface area (Å²) in [5.41, 5.74) is 11.4. The molecule has 0 aliphatic heterocycles. The highest BCUT2D eigenvalue weighted by Crippen LogP contribution is 1.91. The van der Waals surface area contributed by atoms with E-state index in [-0.39, 0.29) is 24.5 Å². The van der Waals surface area contributed by atoms with Crippen LogP contribution in [0.4, 0.5) is 0 Å². The Morgan fingerprint density at radius 3 is 1.36 bits per heavy atom. The van der Waals surface area contributed by atoms with Gasteiger partial charge < -0.3 is 32.1 Å². The molecule has 2 aromatic heterocycles. The second-order valence-corrected chi connectivity index (χ2v) is 4.69. The number of amidine groups is 2. The lowest BCUT2D eigenvalue weighted by molar-refractivity contribution is -0.143. The molecule has 2 heterocycles. The first-order valence-corrected chi connectivity index (χ1v) is 7.53. The number of aromatic nitrogens is 2. The largest absolute Gasteiger partial charge is 0.481 e. The predicted octanol–water partition coefficient (Wildman–Crippen LogP) is 0.288. The summed E-state index contributed by atoms with van der Waals surface area (Å²) in [7, 11) is 0. The van der Waals surface area contributed by atoms with Crippen molar-refractivity contribution in [2.75, 3.05) is 0 Å². The standard InChI is InChI=1S/2C6H7N3O.C4H6O4/c2*7-6(9-10)5-3-1-2-4-8-5;5-3(6)1-2-4(7)8/h2*1-4,10H,(H2,7,9);1-2H2,(H,5,6)(H,7,8). The van der Waals surface area contributed by atoms with E-state index in [1.165, 1.54) is 0 Å². The van der Waals surface area contributed by atoms with Crippen LogP contribution in [0.2, 0.25) is 0 Å². The minimum Gasteiger partial charge on any atom is -0.481 e. The van der Waals surface area contributed by atoms with E-state index >= 15 is 0 Å². The zero-order valence-corrected chi connectivity index (χ0v) is 14.6. The van der Waals surface area contributed by atoms with Crippen molar-refractivity contribution in [1.82, 2.24) is 9.97 Å². The number of aliphatic carboxylic acids is 2. The number of carboxylic acids is 2. The molecule has 0 amide bonds. The van der Waals surface area contributed by atoms with Gasteiger partial charge in [0.25, 0.3) is 0 Å². The molecule has 12 heteroatoms. The molecule has 2 aromatic rings. The molecule has 0 radical (unpaired) electrons. The van der Waals surface area contributed by atoms with Crippen LogP contribution in [0.25, 0.3) is 0 Å². The molecule has 0 aliphatic carbocycles. The molecule has 0 saturated heterocycles. The summed E-state index contributed by atoms with van der Waals surface area (Å²) in [6.07, 6.45) is 2.56. The van der Waals surface area contributed by atoms with Gasteiger partial charge in [-0.25, -0.2) is 0 Å². The lowest BCUT2D eigenvalue weighted by atomic mass is 10.3. The molecule has 8 N–H and O–H groups in total. The number of pyridine rings is 2. The monoisotopic (exact) mass is 392 g/mol. The van der Waals surface area contributed by atoms with E-state index in [2.05, 4.69) is 20.3 Å². The van der Waals surface area contributed by atoms with Gasteiger partial charge >= 0.3 is 11.9 Å². The summed E-state index contributed by atoms with van der Waals surface area (Å²) in [5.74, 6) is -2.10. The Morgan fingerprint density at radius 2 is 1.14 bits per heavy atom. The summed E-state index contributed by atoms with van der Waals surface area (Å²) in [4.78, 5) is 26.9. The minimum absolute atomic E-state index is 0.0283. The molecule has 0 aliphatic rings. The van der Waals surface area contributed by atoms with E-state index in [0.29, 0.717) is 11.4 Å². The van der Waals surface area contributed by atoms with Crippen molar-refractivity contribution in [3.8, 4) is 0 Å². The Balaban J connectivity index is 0.000000394. The van der Waals surface area contributed by atoms with Crippen LogP contribution in [0, 0.1) is 0 Å². The second kappa shape index (κ2) is 14.0. The van der Waals surface area contributed by atoms with Crippen molar-refractivity contribution >= 4 is 23.6 Å². The van der Waals surface area contributed by atoms with Crippen LogP contribution >= 0.6 is 0 Å². The number of carbonyl (C=O) groups is 2. The highest BCUT2D eigenvalue weighted by molar-refractivity contribution is 5.95. The quantitative estimate of drug-likeness (QED) is 0.177. The molecule has 2 rings (SSSR count). The summed E-state index contributed by atoms with van der Waals surface area (Å²) >= 11 is 0. The average molecular weight is 392 g/mol. The molecule has 0 bridgehead atoms. The van der Waals surface area contributed by atoms with Gasteiger partial charge in [-0.3, -0.25) is 19.6 Å². The third-order valence-electron chi connectivity index (χ3n) is 2.62. The zero-order chi connectivity index (χ0) is 21.4. The molecule has 0 spiro atoms. The lowest BCUT2D eigenvalue weighted by Crippen LogP contribution is -2.14. The van der Waals surface area contributed by atoms with Crippen molar-refractivity contribution in [3.63, 3.8) is 0 Å². The number of rotatable bonds is 5. The third kappa shape index (κ3) is 11.4. The van der Waals surface area contributed by atoms with Crippen LogP contribution in [-0.2, 0) is 9.59 Å². The number of hydrogen-bond donors (Lipinski definition) is 6. The summed E-state index contributed by atoms with van der Waals surface area (Å²) in [5, 5.41) is 37.8. The Hall–Kier alpha value is -4.22. The first-order chi connectivity index (χ1) is 13.3. The number of nitrogens with two attached hydrogens (primary N) is 2. The van der Waals surface area contributed by atoms with Gasteiger partial charge in [-0.2, -0.15) is 0 Å². The fourth-order valence-corrected chi connectivity index (χ4v) is 1.34. The third-order valence-corrected chi connectivity index (χ3v) is 2.62. The number of carboxylic acid groups (broad SMARTS) is 2. The molecule has 0 atom stereocenters. The molecule has 0 unspecified atom stereocenters. The van der Waals surface area contributed by atoms with Gasteiger partial charge in [0.15, 0.2) is 11.7 Å². The van der Waals surface area contributed by atoms with Crippen LogP contribution in [0.1, 0.15) is 24.2 Å². The second-order valence-electron chi connectivity index (χ2n) is 4.69. The molecule has 0 fully saturated rings. The van der Waals surface area contributed by atoms with E-state index in [1.807, 2.05) is 0 Å². The zero-order valence-electron chi connectivity index (χ0n) is 14.6. The highest BCUT2D eigenvalue weighted by atomic mass is 16.4. The summed E-state index contributed by atoms with van der Waals surface area (Å²) < 4.78 is 0. The maximum absolute atomic E-state index is 9.64. The van der Waals surface area contributed by atoms with Gasteiger partial charge in [0.2, 0.25) is 0 Å². The van der Waals surface area contributed by atoms with E-state index in [9.17, 15) is 9.59 Å². The SMILES string of the molecule is N/C(=N\O)c1ccccn1.N/C(=N\O)c1ccccn1.O=C(O)CCC(=O)O. The molecule has 0 saturated carbocycles.